The van der Waals surface area contributed by atoms with Gasteiger partial charge in [-0.05, 0) is 36.5 Å². The fourth-order valence-corrected chi connectivity index (χ4v) is 2.12. The maximum atomic E-state index is 5.74. The smallest absolute Gasteiger partial charge is 0.129 e. The Kier molecular flexibility index (Phi) is 3.44. The number of hydrogen-bond donors (Lipinski definition) is 1. The van der Waals surface area contributed by atoms with E-state index >= 15 is 0 Å². The van der Waals surface area contributed by atoms with Gasteiger partial charge in [0.15, 0.2) is 0 Å². The van der Waals surface area contributed by atoms with Gasteiger partial charge in [-0.1, -0.05) is 13.8 Å². The first-order chi connectivity index (χ1) is 7.70. The fourth-order valence-electron chi connectivity index (χ4n) is 2.12. The molecule has 2 rings (SSSR count). The maximum Gasteiger partial charge on any atom is 0.129 e. The third-order valence-electron chi connectivity index (χ3n) is 3.15. The molecule has 0 saturated carbocycles. The molecule has 0 atom stereocenters. The maximum absolute atomic E-state index is 5.74. The van der Waals surface area contributed by atoms with E-state index in [1.807, 2.05) is 0 Å². The van der Waals surface area contributed by atoms with Crippen LogP contribution in [-0.2, 0) is 6.54 Å². The first kappa shape index (κ1) is 11.4. The second-order valence-electron chi connectivity index (χ2n) is 4.81. The summed E-state index contributed by atoms with van der Waals surface area (Å²) in [7, 11) is 0. The van der Waals surface area contributed by atoms with Gasteiger partial charge in [-0.2, -0.15) is 0 Å². The van der Waals surface area contributed by atoms with Crippen LogP contribution in [0.4, 0.5) is 5.82 Å². The molecule has 1 fully saturated rings. The Hall–Kier alpha value is -1.09. The summed E-state index contributed by atoms with van der Waals surface area (Å²) in [5.74, 6) is 1.58. The van der Waals surface area contributed by atoms with Gasteiger partial charge >= 0.3 is 0 Å². The third-order valence-corrected chi connectivity index (χ3v) is 3.15. The molecule has 2 heterocycles. The highest BCUT2D eigenvalue weighted by Gasteiger charge is 2.15. The summed E-state index contributed by atoms with van der Waals surface area (Å²) in [6.07, 6.45) is 2.57. The summed E-state index contributed by atoms with van der Waals surface area (Å²) >= 11 is 0. The average Bonchev–Trinajstić information content (AvgIpc) is 2.81. The number of hydrogen-bond acceptors (Lipinski definition) is 3. The lowest BCUT2D eigenvalue weighted by molar-refractivity contribution is 0.804. The normalized spacial score (nSPS) is 16.1. The molecule has 0 radical (unpaired) electrons. The first-order valence-electron chi connectivity index (χ1n) is 6.16. The molecule has 3 nitrogen and oxygen atoms in total. The average molecular weight is 219 g/mol. The molecule has 0 aromatic carbocycles. The summed E-state index contributed by atoms with van der Waals surface area (Å²) in [5.41, 5.74) is 8.09. The SMILES string of the molecule is CC(C)c1cc(CN)cc(N2CCCC2)n1. The van der Waals surface area contributed by atoms with Gasteiger partial charge in [0, 0.05) is 25.3 Å². The van der Waals surface area contributed by atoms with Crippen LogP contribution in [0.15, 0.2) is 12.1 Å². The molecule has 1 aliphatic rings. The Morgan fingerprint density at radius 1 is 1.31 bits per heavy atom. The van der Waals surface area contributed by atoms with Crippen molar-refractivity contribution in [2.75, 3.05) is 18.0 Å². The first-order valence-corrected chi connectivity index (χ1v) is 6.16. The van der Waals surface area contributed by atoms with Crippen molar-refractivity contribution in [2.24, 2.45) is 5.73 Å². The highest BCUT2D eigenvalue weighted by Crippen LogP contribution is 2.23. The van der Waals surface area contributed by atoms with Crippen molar-refractivity contribution in [2.45, 2.75) is 39.2 Å². The molecule has 2 N–H and O–H groups in total. The van der Waals surface area contributed by atoms with Gasteiger partial charge in [-0.15, -0.1) is 0 Å². The van der Waals surface area contributed by atoms with E-state index in [0.717, 1.165) is 24.6 Å². The molecule has 1 aromatic heterocycles. The third kappa shape index (κ3) is 2.35. The van der Waals surface area contributed by atoms with Crippen LogP contribution in [0, 0.1) is 0 Å². The van der Waals surface area contributed by atoms with Gasteiger partial charge < -0.3 is 10.6 Å². The van der Waals surface area contributed by atoms with E-state index in [4.69, 9.17) is 10.7 Å². The second-order valence-corrected chi connectivity index (χ2v) is 4.81. The van der Waals surface area contributed by atoms with Crippen LogP contribution in [0.1, 0.15) is 43.9 Å². The molecule has 16 heavy (non-hydrogen) atoms. The number of pyridine rings is 1. The van der Waals surface area contributed by atoms with Crippen LogP contribution in [0.25, 0.3) is 0 Å². The molecule has 1 aromatic rings. The topological polar surface area (TPSA) is 42.1 Å². The van der Waals surface area contributed by atoms with Crippen molar-refractivity contribution in [3.05, 3.63) is 23.4 Å². The van der Waals surface area contributed by atoms with Crippen molar-refractivity contribution >= 4 is 5.82 Å². The molecule has 1 saturated heterocycles. The van der Waals surface area contributed by atoms with Crippen LogP contribution in [0.2, 0.25) is 0 Å². The molecular formula is C13H21N3. The fraction of sp³-hybridized carbons (Fsp3) is 0.615. The Balaban J connectivity index is 2.32. The molecular weight excluding hydrogens is 198 g/mol. The van der Waals surface area contributed by atoms with Crippen molar-refractivity contribution in [3.8, 4) is 0 Å². The lowest BCUT2D eigenvalue weighted by Gasteiger charge is -2.19. The number of rotatable bonds is 3. The Morgan fingerprint density at radius 3 is 2.56 bits per heavy atom. The second kappa shape index (κ2) is 4.83. The zero-order valence-corrected chi connectivity index (χ0v) is 10.2. The summed E-state index contributed by atoms with van der Waals surface area (Å²) in [4.78, 5) is 7.10. The van der Waals surface area contributed by atoms with Crippen molar-refractivity contribution in [1.82, 2.24) is 4.98 Å². The van der Waals surface area contributed by atoms with E-state index in [1.54, 1.807) is 0 Å². The van der Waals surface area contributed by atoms with Crippen LogP contribution < -0.4 is 10.6 Å². The number of anilines is 1. The summed E-state index contributed by atoms with van der Waals surface area (Å²) in [6.45, 7) is 7.23. The minimum Gasteiger partial charge on any atom is -0.357 e. The monoisotopic (exact) mass is 219 g/mol. The zero-order chi connectivity index (χ0) is 11.5. The predicted octanol–water partition coefficient (Wildman–Crippen LogP) is 2.26. The molecule has 0 amide bonds. The van der Waals surface area contributed by atoms with Crippen molar-refractivity contribution < 1.29 is 0 Å². The molecule has 88 valence electrons. The van der Waals surface area contributed by atoms with E-state index < -0.39 is 0 Å². The quantitative estimate of drug-likeness (QED) is 0.848. The Labute approximate surface area is 97.7 Å². The number of aromatic nitrogens is 1. The minimum absolute atomic E-state index is 0.466. The molecule has 0 aliphatic carbocycles. The van der Waals surface area contributed by atoms with Crippen LogP contribution in [0.5, 0.6) is 0 Å². The van der Waals surface area contributed by atoms with E-state index in [1.165, 1.54) is 18.4 Å². The van der Waals surface area contributed by atoms with Crippen molar-refractivity contribution in [1.29, 1.82) is 0 Å². The largest absolute Gasteiger partial charge is 0.357 e. The van der Waals surface area contributed by atoms with E-state index in [-0.39, 0.29) is 0 Å². The van der Waals surface area contributed by atoms with Gasteiger partial charge in [0.1, 0.15) is 5.82 Å². The summed E-state index contributed by atoms with van der Waals surface area (Å²) in [6, 6.07) is 4.27. The summed E-state index contributed by atoms with van der Waals surface area (Å²) in [5, 5.41) is 0. The van der Waals surface area contributed by atoms with Crippen LogP contribution >= 0.6 is 0 Å². The van der Waals surface area contributed by atoms with Crippen molar-refractivity contribution in [3.63, 3.8) is 0 Å². The Morgan fingerprint density at radius 2 is 2.00 bits per heavy atom. The lowest BCUT2D eigenvalue weighted by atomic mass is 10.1. The van der Waals surface area contributed by atoms with E-state index in [9.17, 15) is 0 Å². The van der Waals surface area contributed by atoms with E-state index in [2.05, 4.69) is 30.9 Å². The van der Waals surface area contributed by atoms with Gasteiger partial charge in [-0.25, -0.2) is 4.98 Å². The minimum atomic E-state index is 0.466. The van der Waals surface area contributed by atoms with Gasteiger partial charge in [0.05, 0.1) is 0 Å². The summed E-state index contributed by atoms with van der Waals surface area (Å²) < 4.78 is 0. The van der Waals surface area contributed by atoms with Crippen LogP contribution in [-0.4, -0.2) is 18.1 Å². The standard InChI is InChI=1S/C13H21N3/c1-10(2)12-7-11(9-14)8-13(15-12)16-5-3-4-6-16/h7-8,10H,3-6,9,14H2,1-2H3. The molecule has 0 spiro atoms. The molecule has 3 heteroatoms. The highest BCUT2D eigenvalue weighted by atomic mass is 15.2. The van der Waals surface area contributed by atoms with Crippen LogP contribution in [0.3, 0.4) is 0 Å². The Bertz CT molecular complexity index is 354. The van der Waals surface area contributed by atoms with E-state index in [0.29, 0.717) is 12.5 Å². The van der Waals surface area contributed by atoms with Gasteiger partial charge in [-0.3, -0.25) is 0 Å². The molecule has 1 aliphatic heterocycles. The zero-order valence-electron chi connectivity index (χ0n) is 10.2. The molecule has 0 bridgehead atoms. The molecule has 0 unspecified atom stereocenters. The van der Waals surface area contributed by atoms with Gasteiger partial charge in [0.25, 0.3) is 0 Å². The van der Waals surface area contributed by atoms with Gasteiger partial charge in [0.2, 0.25) is 0 Å². The number of nitrogens with two attached hydrogens (primary N) is 1. The lowest BCUT2D eigenvalue weighted by Crippen LogP contribution is -2.20. The predicted molar refractivity (Wildman–Crippen MR) is 67.7 cm³/mol. The highest BCUT2D eigenvalue weighted by molar-refractivity contribution is 5.44. The number of nitrogens with zero attached hydrogens (tertiary/aromatic N) is 2.